The summed E-state index contributed by atoms with van der Waals surface area (Å²) in [5, 5.41) is 6.69. The van der Waals surface area contributed by atoms with Crippen LogP contribution in [0.2, 0.25) is 0 Å². The van der Waals surface area contributed by atoms with Crippen LogP contribution in [0, 0.1) is 40.4 Å². The maximum absolute atomic E-state index is 13.1. The summed E-state index contributed by atoms with van der Waals surface area (Å²) in [6.45, 7) is 13.3. The van der Waals surface area contributed by atoms with Crippen molar-refractivity contribution >= 4 is 11.8 Å². The monoisotopic (exact) mass is 402 g/mol. The number of piperidine rings is 1. The highest BCUT2D eigenvalue weighted by atomic mass is 16.2. The minimum Gasteiger partial charge on any atom is -0.353 e. The van der Waals surface area contributed by atoms with Gasteiger partial charge in [-0.05, 0) is 101 Å². The molecule has 0 bridgehead atoms. The van der Waals surface area contributed by atoms with Gasteiger partial charge in [-0.3, -0.25) is 9.59 Å². The van der Waals surface area contributed by atoms with E-state index in [2.05, 4.69) is 52.2 Å². The standard InChI is InChI=1S/C25H42N2O2/c1-7-15-14-25(6)18-12-13-24(5)17(16(18)8-11-20(25)26-21(15)28)9-10-19(24)22(29)27-23(2,3)4/h15-20H,7-14H2,1-6H3,(H,26,28)(H,27,29). The zero-order chi connectivity index (χ0) is 21.2. The molecule has 0 radical (unpaired) electrons. The Hall–Kier alpha value is -1.06. The van der Waals surface area contributed by atoms with Crippen molar-refractivity contribution in [1.82, 2.24) is 10.6 Å². The first-order valence-corrected chi connectivity index (χ1v) is 12.1. The fourth-order valence-electron chi connectivity index (χ4n) is 8.12. The van der Waals surface area contributed by atoms with Gasteiger partial charge >= 0.3 is 0 Å². The second kappa shape index (κ2) is 6.99. The third-order valence-electron chi connectivity index (χ3n) is 9.55. The van der Waals surface area contributed by atoms with Crippen LogP contribution in [0.4, 0.5) is 0 Å². The molecule has 0 spiro atoms. The van der Waals surface area contributed by atoms with Gasteiger partial charge in [-0.2, -0.15) is 0 Å². The van der Waals surface area contributed by atoms with Gasteiger partial charge in [-0.25, -0.2) is 0 Å². The molecule has 4 nitrogen and oxygen atoms in total. The van der Waals surface area contributed by atoms with Gasteiger partial charge in [0.1, 0.15) is 0 Å². The summed E-state index contributed by atoms with van der Waals surface area (Å²) >= 11 is 0. The van der Waals surface area contributed by atoms with Crippen LogP contribution in [0.15, 0.2) is 0 Å². The first-order chi connectivity index (χ1) is 13.5. The lowest BCUT2D eigenvalue weighted by Gasteiger charge is -2.61. The van der Waals surface area contributed by atoms with Crippen LogP contribution >= 0.6 is 0 Å². The van der Waals surface area contributed by atoms with Gasteiger partial charge in [0.05, 0.1) is 0 Å². The number of hydrogen-bond acceptors (Lipinski definition) is 2. The predicted molar refractivity (Wildman–Crippen MR) is 116 cm³/mol. The molecule has 4 rings (SSSR count). The largest absolute Gasteiger partial charge is 0.353 e. The molecule has 4 fully saturated rings. The molecule has 164 valence electrons. The number of hydrogen-bond donors (Lipinski definition) is 2. The van der Waals surface area contributed by atoms with Crippen LogP contribution in [0.25, 0.3) is 0 Å². The molecule has 1 aliphatic heterocycles. The second-order valence-corrected chi connectivity index (χ2v) is 12.2. The average molecular weight is 403 g/mol. The summed E-state index contributed by atoms with van der Waals surface area (Å²) in [6.07, 6.45) is 8.96. The van der Waals surface area contributed by atoms with E-state index in [0.717, 1.165) is 38.0 Å². The molecule has 29 heavy (non-hydrogen) atoms. The van der Waals surface area contributed by atoms with Crippen molar-refractivity contribution in [2.45, 2.75) is 104 Å². The van der Waals surface area contributed by atoms with Gasteiger partial charge in [-0.1, -0.05) is 20.8 Å². The van der Waals surface area contributed by atoms with E-state index in [1.807, 2.05) is 0 Å². The number of amides is 2. The highest BCUT2D eigenvalue weighted by molar-refractivity contribution is 5.81. The normalized spacial score (nSPS) is 46.9. The Labute approximate surface area is 177 Å². The molecule has 1 heterocycles. The lowest BCUT2D eigenvalue weighted by molar-refractivity contribution is -0.147. The van der Waals surface area contributed by atoms with Crippen molar-refractivity contribution in [3.63, 3.8) is 0 Å². The third-order valence-corrected chi connectivity index (χ3v) is 9.55. The predicted octanol–water partition coefficient (Wildman–Crippen LogP) is 4.67. The van der Waals surface area contributed by atoms with Crippen molar-refractivity contribution in [1.29, 1.82) is 0 Å². The Morgan fingerprint density at radius 2 is 1.76 bits per heavy atom. The van der Waals surface area contributed by atoms with E-state index in [1.165, 1.54) is 19.3 Å². The lowest BCUT2D eigenvalue weighted by atomic mass is 9.46. The highest BCUT2D eigenvalue weighted by Crippen LogP contribution is 2.65. The molecule has 1 saturated heterocycles. The third kappa shape index (κ3) is 3.33. The van der Waals surface area contributed by atoms with E-state index < -0.39 is 0 Å². The Bertz CT molecular complexity index is 683. The van der Waals surface area contributed by atoms with Gasteiger partial charge in [0.15, 0.2) is 0 Å². The molecule has 3 aliphatic carbocycles. The van der Waals surface area contributed by atoms with Gasteiger partial charge in [0.25, 0.3) is 0 Å². The van der Waals surface area contributed by atoms with Gasteiger partial charge in [-0.15, -0.1) is 0 Å². The highest BCUT2D eigenvalue weighted by Gasteiger charge is 2.62. The zero-order valence-corrected chi connectivity index (χ0v) is 19.4. The van der Waals surface area contributed by atoms with Crippen molar-refractivity contribution in [2.24, 2.45) is 40.4 Å². The number of nitrogens with one attached hydrogen (secondary N) is 2. The molecule has 0 aromatic heterocycles. The maximum Gasteiger partial charge on any atom is 0.224 e. The van der Waals surface area contributed by atoms with E-state index in [-0.39, 0.29) is 40.0 Å². The fourth-order valence-corrected chi connectivity index (χ4v) is 8.12. The molecule has 8 unspecified atom stereocenters. The number of carbonyl (C=O) groups is 2. The van der Waals surface area contributed by atoms with Crippen molar-refractivity contribution in [3.8, 4) is 0 Å². The van der Waals surface area contributed by atoms with Crippen LogP contribution < -0.4 is 10.6 Å². The smallest absolute Gasteiger partial charge is 0.224 e. The summed E-state index contributed by atoms with van der Waals surface area (Å²) in [7, 11) is 0. The van der Waals surface area contributed by atoms with Crippen molar-refractivity contribution in [3.05, 3.63) is 0 Å². The first-order valence-electron chi connectivity index (χ1n) is 12.1. The van der Waals surface area contributed by atoms with Crippen LogP contribution in [0.3, 0.4) is 0 Å². The molecule has 2 N–H and O–H groups in total. The summed E-state index contributed by atoms with van der Waals surface area (Å²) in [4.78, 5) is 25.6. The number of carbonyl (C=O) groups excluding carboxylic acids is 2. The SMILES string of the molecule is CCC1CC2(C)C(CCC3C2CCC2(C)C(C(=O)NC(C)(C)C)CCC32)NC1=O. The minimum absolute atomic E-state index is 0.141. The van der Waals surface area contributed by atoms with E-state index in [9.17, 15) is 9.59 Å². The zero-order valence-electron chi connectivity index (χ0n) is 19.4. The Balaban J connectivity index is 1.56. The Morgan fingerprint density at radius 3 is 2.41 bits per heavy atom. The van der Waals surface area contributed by atoms with Crippen LogP contribution in [-0.4, -0.2) is 23.4 Å². The van der Waals surface area contributed by atoms with E-state index in [4.69, 9.17) is 0 Å². The summed E-state index contributed by atoms with van der Waals surface area (Å²) < 4.78 is 0. The number of rotatable bonds is 2. The fraction of sp³-hybridized carbons (Fsp3) is 0.920. The Morgan fingerprint density at radius 1 is 1.07 bits per heavy atom. The molecule has 0 aromatic rings. The Kier molecular flexibility index (Phi) is 5.10. The first kappa shape index (κ1) is 21.2. The second-order valence-electron chi connectivity index (χ2n) is 12.2. The summed E-state index contributed by atoms with van der Waals surface area (Å²) in [6, 6.07) is 0.352. The van der Waals surface area contributed by atoms with Crippen LogP contribution in [-0.2, 0) is 9.59 Å². The molecule has 8 atom stereocenters. The number of fused-ring (bicyclic) bond motifs is 5. The molecule has 4 heteroatoms. The molecule has 4 aliphatic rings. The summed E-state index contributed by atoms with van der Waals surface area (Å²) in [5.74, 6) is 2.97. The van der Waals surface area contributed by atoms with E-state index in [0.29, 0.717) is 17.9 Å². The molecular formula is C25H42N2O2. The molecule has 0 aromatic carbocycles. The minimum atomic E-state index is -0.163. The van der Waals surface area contributed by atoms with Crippen LogP contribution in [0.1, 0.15) is 92.9 Å². The van der Waals surface area contributed by atoms with E-state index >= 15 is 0 Å². The van der Waals surface area contributed by atoms with Crippen molar-refractivity contribution in [2.75, 3.05) is 0 Å². The van der Waals surface area contributed by atoms with Crippen molar-refractivity contribution < 1.29 is 9.59 Å². The topological polar surface area (TPSA) is 58.2 Å². The molecule has 3 saturated carbocycles. The summed E-state index contributed by atoms with van der Waals surface area (Å²) in [5.41, 5.74) is 0.204. The quantitative estimate of drug-likeness (QED) is 0.705. The van der Waals surface area contributed by atoms with Gasteiger partial charge in [0.2, 0.25) is 11.8 Å². The van der Waals surface area contributed by atoms with E-state index in [1.54, 1.807) is 0 Å². The maximum atomic E-state index is 13.1. The lowest BCUT2D eigenvalue weighted by Crippen LogP contribution is -2.63. The van der Waals surface area contributed by atoms with Gasteiger partial charge in [0, 0.05) is 23.4 Å². The average Bonchev–Trinajstić information content (AvgIpc) is 2.97. The molecular weight excluding hydrogens is 360 g/mol. The van der Waals surface area contributed by atoms with Gasteiger partial charge < -0.3 is 10.6 Å². The van der Waals surface area contributed by atoms with Crippen LogP contribution in [0.5, 0.6) is 0 Å². The molecule has 2 amide bonds.